The van der Waals surface area contributed by atoms with Gasteiger partial charge in [0.1, 0.15) is 0 Å². The molecule has 0 saturated carbocycles. The molecule has 0 aliphatic carbocycles. The van der Waals surface area contributed by atoms with E-state index in [4.69, 9.17) is 11.6 Å². The summed E-state index contributed by atoms with van der Waals surface area (Å²) in [4.78, 5) is 4.04. The van der Waals surface area contributed by atoms with Crippen LogP contribution >= 0.6 is 11.6 Å². The van der Waals surface area contributed by atoms with Crippen LogP contribution < -0.4 is 5.32 Å². The van der Waals surface area contributed by atoms with Crippen molar-refractivity contribution in [2.24, 2.45) is 0 Å². The summed E-state index contributed by atoms with van der Waals surface area (Å²) in [7, 11) is 2.00. The van der Waals surface area contributed by atoms with Gasteiger partial charge in [-0.05, 0) is 55.3 Å². The van der Waals surface area contributed by atoms with Crippen LogP contribution in [-0.4, -0.2) is 18.1 Å². The second kappa shape index (κ2) is 6.53. The molecule has 0 saturated heterocycles. The molecule has 1 heterocycles. The van der Waals surface area contributed by atoms with Crippen molar-refractivity contribution >= 4 is 11.6 Å². The molecule has 2 rings (SSSR count). The zero-order valence-corrected chi connectivity index (χ0v) is 11.2. The second-order valence-electron chi connectivity index (χ2n) is 4.38. The highest BCUT2D eigenvalue weighted by molar-refractivity contribution is 6.30. The molecule has 1 aromatic heterocycles. The minimum absolute atomic E-state index is 0.408. The molecule has 0 spiro atoms. The molecule has 3 heteroatoms. The molecule has 18 heavy (non-hydrogen) atoms. The van der Waals surface area contributed by atoms with E-state index < -0.39 is 0 Å². The average Bonchev–Trinajstić information content (AvgIpc) is 2.39. The maximum absolute atomic E-state index is 6.00. The monoisotopic (exact) mass is 260 g/mol. The van der Waals surface area contributed by atoms with Gasteiger partial charge in [0.25, 0.3) is 0 Å². The van der Waals surface area contributed by atoms with Crippen LogP contribution in [0.1, 0.15) is 11.1 Å². The summed E-state index contributed by atoms with van der Waals surface area (Å²) >= 11 is 6.00. The fourth-order valence-corrected chi connectivity index (χ4v) is 2.24. The number of pyridine rings is 1. The molecule has 1 unspecified atom stereocenters. The van der Waals surface area contributed by atoms with Crippen molar-refractivity contribution in [3.05, 3.63) is 64.9 Å². The van der Waals surface area contributed by atoms with E-state index in [-0.39, 0.29) is 0 Å². The number of halogens is 1. The van der Waals surface area contributed by atoms with Crippen molar-refractivity contribution in [3.8, 4) is 0 Å². The van der Waals surface area contributed by atoms with Gasteiger partial charge in [0.05, 0.1) is 0 Å². The lowest BCUT2D eigenvalue weighted by Crippen LogP contribution is -2.29. The predicted octanol–water partition coefficient (Wildman–Crippen LogP) is 3.11. The van der Waals surface area contributed by atoms with E-state index in [0.717, 1.165) is 17.9 Å². The van der Waals surface area contributed by atoms with Gasteiger partial charge in [-0.1, -0.05) is 23.7 Å². The first-order valence-corrected chi connectivity index (χ1v) is 6.46. The summed E-state index contributed by atoms with van der Waals surface area (Å²) in [6.45, 7) is 0. The van der Waals surface area contributed by atoms with Crippen LogP contribution in [0.15, 0.2) is 48.8 Å². The SMILES string of the molecule is CNC(Cc1ccncc1)Cc1cccc(Cl)c1. The van der Waals surface area contributed by atoms with Crippen molar-refractivity contribution in [2.45, 2.75) is 18.9 Å². The summed E-state index contributed by atoms with van der Waals surface area (Å²) in [6, 6.07) is 12.6. The molecule has 0 radical (unpaired) electrons. The minimum Gasteiger partial charge on any atom is -0.316 e. The summed E-state index contributed by atoms with van der Waals surface area (Å²) in [6.07, 6.45) is 5.63. The molecule has 2 aromatic rings. The second-order valence-corrected chi connectivity index (χ2v) is 4.82. The molecule has 0 aliphatic rings. The van der Waals surface area contributed by atoms with Gasteiger partial charge in [0, 0.05) is 23.5 Å². The Balaban J connectivity index is 2.01. The highest BCUT2D eigenvalue weighted by Gasteiger charge is 2.08. The van der Waals surface area contributed by atoms with Crippen LogP contribution in [0.3, 0.4) is 0 Å². The topological polar surface area (TPSA) is 24.9 Å². The van der Waals surface area contributed by atoms with Crippen LogP contribution in [0.4, 0.5) is 0 Å². The van der Waals surface area contributed by atoms with Crippen molar-refractivity contribution in [1.29, 1.82) is 0 Å². The van der Waals surface area contributed by atoms with Crippen molar-refractivity contribution < 1.29 is 0 Å². The molecule has 1 aromatic carbocycles. The Morgan fingerprint density at radius 3 is 2.50 bits per heavy atom. The summed E-state index contributed by atoms with van der Waals surface area (Å²) in [5.74, 6) is 0. The predicted molar refractivity (Wildman–Crippen MR) is 75.9 cm³/mol. The first-order valence-electron chi connectivity index (χ1n) is 6.08. The van der Waals surface area contributed by atoms with Gasteiger partial charge < -0.3 is 5.32 Å². The molecule has 0 fully saturated rings. The Hall–Kier alpha value is -1.38. The number of nitrogens with zero attached hydrogens (tertiary/aromatic N) is 1. The van der Waals surface area contributed by atoms with E-state index in [0.29, 0.717) is 6.04 Å². The molecule has 2 nitrogen and oxygen atoms in total. The number of likely N-dealkylation sites (N-methyl/N-ethyl adjacent to an activating group) is 1. The lowest BCUT2D eigenvalue weighted by atomic mass is 10.00. The van der Waals surface area contributed by atoms with Gasteiger partial charge in [-0.2, -0.15) is 0 Å². The number of benzene rings is 1. The third-order valence-corrected chi connectivity index (χ3v) is 3.25. The number of hydrogen-bond donors (Lipinski definition) is 1. The van der Waals surface area contributed by atoms with E-state index in [1.807, 2.05) is 37.6 Å². The Morgan fingerprint density at radius 1 is 1.11 bits per heavy atom. The van der Waals surface area contributed by atoms with Crippen LogP contribution in [0.25, 0.3) is 0 Å². The molecular weight excluding hydrogens is 244 g/mol. The Labute approximate surface area is 113 Å². The maximum Gasteiger partial charge on any atom is 0.0408 e. The van der Waals surface area contributed by atoms with Gasteiger partial charge in [-0.25, -0.2) is 0 Å². The molecule has 0 bridgehead atoms. The van der Waals surface area contributed by atoms with Crippen molar-refractivity contribution in [1.82, 2.24) is 10.3 Å². The minimum atomic E-state index is 0.408. The van der Waals surface area contributed by atoms with Crippen LogP contribution in [0.2, 0.25) is 5.02 Å². The highest BCUT2D eigenvalue weighted by atomic mass is 35.5. The highest BCUT2D eigenvalue weighted by Crippen LogP contribution is 2.13. The third kappa shape index (κ3) is 3.83. The first-order chi connectivity index (χ1) is 8.78. The van der Waals surface area contributed by atoms with Crippen molar-refractivity contribution in [3.63, 3.8) is 0 Å². The lowest BCUT2D eigenvalue weighted by molar-refractivity contribution is 0.556. The molecule has 0 amide bonds. The van der Waals surface area contributed by atoms with Gasteiger partial charge in [0.2, 0.25) is 0 Å². The number of rotatable bonds is 5. The van der Waals surface area contributed by atoms with E-state index in [1.165, 1.54) is 11.1 Å². The normalized spacial score (nSPS) is 12.3. The van der Waals surface area contributed by atoms with E-state index in [9.17, 15) is 0 Å². The number of nitrogens with one attached hydrogen (secondary N) is 1. The summed E-state index contributed by atoms with van der Waals surface area (Å²) < 4.78 is 0. The first kappa shape index (κ1) is 13.1. The molecule has 1 N–H and O–H groups in total. The Kier molecular flexibility index (Phi) is 4.73. The van der Waals surface area contributed by atoms with E-state index in [2.05, 4.69) is 28.5 Å². The largest absolute Gasteiger partial charge is 0.316 e. The summed E-state index contributed by atoms with van der Waals surface area (Å²) in [5.41, 5.74) is 2.56. The van der Waals surface area contributed by atoms with Crippen molar-refractivity contribution in [2.75, 3.05) is 7.05 Å². The average molecular weight is 261 g/mol. The third-order valence-electron chi connectivity index (χ3n) is 3.01. The quantitative estimate of drug-likeness (QED) is 0.894. The molecule has 0 aliphatic heterocycles. The Morgan fingerprint density at radius 2 is 1.83 bits per heavy atom. The lowest BCUT2D eigenvalue weighted by Gasteiger charge is -2.16. The molecular formula is C15H17ClN2. The molecule has 94 valence electrons. The standard InChI is InChI=1S/C15H17ClN2/c1-17-15(10-12-5-7-18-8-6-12)11-13-3-2-4-14(16)9-13/h2-9,15,17H,10-11H2,1H3. The van der Waals surface area contributed by atoms with Gasteiger partial charge in [-0.3, -0.25) is 4.98 Å². The number of hydrogen-bond acceptors (Lipinski definition) is 2. The zero-order chi connectivity index (χ0) is 12.8. The van der Waals surface area contributed by atoms with Gasteiger partial charge in [-0.15, -0.1) is 0 Å². The summed E-state index contributed by atoms with van der Waals surface area (Å²) in [5, 5.41) is 4.15. The van der Waals surface area contributed by atoms with Gasteiger partial charge >= 0.3 is 0 Å². The van der Waals surface area contributed by atoms with Gasteiger partial charge in [0.15, 0.2) is 0 Å². The fraction of sp³-hybridized carbons (Fsp3) is 0.267. The van der Waals surface area contributed by atoms with Crippen LogP contribution in [-0.2, 0) is 12.8 Å². The maximum atomic E-state index is 6.00. The molecule has 1 atom stereocenters. The fourth-order valence-electron chi connectivity index (χ4n) is 2.03. The zero-order valence-electron chi connectivity index (χ0n) is 10.4. The number of aromatic nitrogens is 1. The Bertz CT molecular complexity index is 485. The smallest absolute Gasteiger partial charge is 0.0408 e. The van der Waals surface area contributed by atoms with Crippen LogP contribution in [0, 0.1) is 0 Å². The van der Waals surface area contributed by atoms with E-state index >= 15 is 0 Å². The van der Waals surface area contributed by atoms with Crippen LogP contribution in [0.5, 0.6) is 0 Å². The van der Waals surface area contributed by atoms with E-state index in [1.54, 1.807) is 0 Å².